The molecule has 6 bridgehead atoms. The number of amides is 3. The van der Waals surface area contributed by atoms with Crippen LogP contribution in [0.4, 0.5) is 43.9 Å². The lowest BCUT2D eigenvalue weighted by Crippen LogP contribution is -2.39. The van der Waals surface area contributed by atoms with Crippen LogP contribution in [0.15, 0.2) is 153 Å². The molecule has 6 fully saturated rings. The molecule has 15 rings (SSSR count). The Morgan fingerprint density at radius 2 is 0.898 bits per heavy atom. The van der Waals surface area contributed by atoms with Crippen molar-refractivity contribution in [3.8, 4) is 46.2 Å². The van der Waals surface area contributed by atoms with Crippen molar-refractivity contribution in [2.45, 2.75) is 138 Å². The fourth-order valence-electron chi connectivity index (χ4n) is 13.9. The van der Waals surface area contributed by atoms with Crippen LogP contribution in [0.5, 0.6) is 23.4 Å². The van der Waals surface area contributed by atoms with Gasteiger partial charge in [0.2, 0.25) is 17.6 Å². The summed E-state index contributed by atoms with van der Waals surface area (Å²) in [5.74, 6) is -0.131. The monoisotopic (exact) mass is 1360 g/mol. The van der Waals surface area contributed by atoms with Crippen LogP contribution in [0.1, 0.15) is 111 Å². The molecule has 0 aliphatic carbocycles. The van der Waals surface area contributed by atoms with Crippen LogP contribution in [0.2, 0.25) is 0 Å². The van der Waals surface area contributed by atoms with Gasteiger partial charge in [-0.25, -0.2) is 29.3 Å². The van der Waals surface area contributed by atoms with Crippen LogP contribution in [0, 0.1) is 12.7 Å². The van der Waals surface area contributed by atoms with Crippen LogP contribution in [0.3, 0.4) is 0 Å². The van der Waals surface area contributed by atoms with E-state index < -0.39 is 47.1 Å². The summed E-state index contributed by atoms with van der Waals surface area (Å²) in [5, 5.41) is 16.4. The van der Waals surface area contributed by atoms with E-state index in [1.165, 1.54) is 59.4 Å². The van der Waals surface area contributed by atoms with Crippen LogP contribution in [0.25, 0.3) is 22.8 Å². The quantitative estimate of drug-likeness (QED) is 0.0979. The topological polar surface area (TPSA) is 224 Å². The third-order valence-corrected chi connectivity index (χ3v) is 18.3. The smallest absolute Gasteiger partial charge is 0.417 e. The van der Waals surface area contributed by atoms with Gasteiger partial charge in [-0.15, -0.1) is 0 Å². The zero-order valence-corrected chi connectivity index (χ0v) is 51.9. The number of aryl methyl sites for hydroxylation is 1. The van der Waals surface area contributed by atoms with Gasteiger partial charge in [-0.05, 0) is 112 Å². The molecule has 9 unspecified atom stereocenters. The van der Waals surface area contributed by atoms with E-state index in [2.05, 4.69) is 45.3 Å². The van der Waals surface area contributed by atoms with Gasteiger partial charge in [0.1, 0.15) is 29.9 Å². The molecule has 6 aliphatic heterocycles. The SMILES string of the molecule is COc1cccc(-c2ncccn2)c1C(=O)N1C2CCC1C(Oc1ccc(C(F)(F)F)cn1)C2.Cc1ccc(C(=O)N2C3CCC2C(Oc2ccc(C(F)(F)F)cn2)C3)c(-n2nccn2)c1.O=C(c1cc(F)ccc1-n1nccn1)N1C2CCC1C(Oc1ccc(C(F)(F)F)cn1)C2. The van der Waals surface area contributed by atoms with E-state index in [0.29, 0.717) is 65.3 Å². The average molecular weight is 1360 g/mol. The number of carbonyl (C=O) groups excluding carboxylic acids is 3. The van der Waals surface area contributed by atoms with Gasteiger partial charge in [0, 0.05) is 92.1 Å². The van der Waals surface area contributed by atoms with Crippen molar-refractivity contribution in [3.05, 3.63) is 198 Å². The Labute approximate surface area is 551 Å². The second kappa shape index (κ2) is 26.8. The number of methoxy groups -OCH3 is 1. The fraction of sp³-hybridized carbons (Fsp3) is 0.343. The Bertz CT molecular complexity index is 4330. The van der Waals surface area contributed by atoms with Crippen molar-refractivity contribution in [1.29, 1.82) is 0 Å². The summed E-state index contributed by atoms with van der Waals surface area (Å²) in [6.07, 6.45) is 3.31. The number of rotatable bonds is 13. The Balaban J connectivity index is 0.000000132. The molecule has 508 valence electrons. The Kier molecular flexibility index (Phi) is 18.0. The number of alkyl halides is 9. The highest BCUT2D eigenvalue weighted by Crippen LogP contribution is 2.46. The minimum atomic E-state index is -4.48. The third kappa shape index (κ3) is 13.5. The normalized spacial score (nSPS) is 22.1. The standard InChI is InChI=1S/C24H21F3N4O3.C22H20F3N5O2.C21H17F4N5O2/c1-33-18-5-2-4-16(22-28-10-3-11-29-22)21(18)23(32)31-15-7-8-17(31)19(12-15)34-20-9-6-14(13-30-20)24(25,26)27;1-13-2-5-16(18(10-13)30-27-8-9-28-30)21(31)29-15-4-6-17(29)19(11-15)32-20-7-3-14(12-26-20)22(23,24)25;22-13-2-4-16(30-27-7-8-28-30)15(9-13)20(31)29-14-3-5-17(29)18(10-14)32-19-6-1-12(11-26-19)21(23,24)25/h2-6,9-11,13,15,17,19H,7-8,12H2,1H3;2-3,5,7-10,12,15,17,19H,4,6,11H2,1H3;1-2,4,6-9,11,14,17-18H,3,5,10H2. The number of halogens is 10. The molecule has 6 aliphatic rings. The molecule has 6 saturated heterocycles. The molecule has 0 spiro atoms. The predicted octanol–water partition coefficient (Wildman–Crippen LogP) is 11.8. The van der Waals surface area contributed by atoms with E-state index in [1.54, 1.807) is 64.9 Å². The number of aromatic nitrogens is 11. The summed E-state index contributed by atoms with van der Waals surface area (Å²) < 4.78 is 152. The lowest BCUT2D eigenvalue weighted by molar-refractivity contribution is -0.138. The average Bonchev–Trinajstić information content (AvgIpc) is 1.63. The van der Waals surface area contributed by atoms with Crippen molar-refractivity contribution >= 4 is 17.7 Å². The molecule has 0 radical (unpaired) electrons. The summed E-state index contributed by atoms with van der Waals surface area (Å²) >= 11 is 0. The minimum absolute atomic E-state index is 0.00619. The fourth-order valence-corrected chi connectivity index (χ4v) is 13.9. The summed E-state index contributed by atoms with van der Waals surface area (Å²) in [5.41, 5.74) is 0.990. The van der Waals surface area contributed by atoms with Crippen molar-refractivity contribution in [2.75, 3.05) is 7.11 Å². The van der Waals surface area contributed by atoms with E-state index in [9.17, 15) is 58.3 Å². The van der Waals surface area contributed by atoms with Crippen LogP contribution < -0.4 is 18.9 Å². The Morgan fingerprint density at radius 1 is 0.459 bits per heavy atom. The largest absolute Gasteiger partial charge is 0.496 e. The first-order chi connectivity index (χ1) is 47.0. The van der Waals surface area contributed by atoms with Crippen molar-refractivity contribution in [2.24, 2.45) is 0 Å². The lowest BCUT2D eigenvalue weighted by atomic mass is 9.98. The summed E-state index contributed by atoms with van der Waals surface area (Å²) in [6.45, 7) is 1.93. The number of fused-ring (bicyclic) bond motifs is 6. The molecule has 98 heavy (non-hydrogen) atoms. The van der Waals surface area contributed by atoms with Gasteiger partial charge < -0.3 is 33.6 Å². The van der Waals surface area contributed by atoms with Gasteiger partial charge in [0.15, 0.2) is 5.82 Å². The van der Waals surface area contributed by atoms with Gasteiger partial charge >= 0.3 is 18.5 Å². The minimum Gasteiger partial charge on any atom is -0.496 e. The van der Waals surface area contributed by atoms with Crippen LogP contribution >= 0.6 is 0 Å². The summed E-state index contributed by atoms with van der Waals surface area (Å²) in [6, 6.07) is 21.9. The number of carbonyl (C=O) groups is 3. The number of ether oxygens (including phenoxy) is 4. The molecule has 9 aromatic rings. The number of hydrogen-bond acceptors (Lipinski definition) is 16. The van der Waals surface area contributed by atoms with Gasteiger partial charge in [0.25, 0.3) is 17.7 Å². The maximum atomic E-state index is 14.0. The molecule has 0 N–H and O–H groups in total. The molecule has 6 aromatic heterocycles. The highest BCUT2D eigenvalue weighted by atomic mass is 19.4. The van der Waals surface area contributed by atoms with E-state index in [4.69, 9.17) is 18.9 Å². The van der Waals surface area contributed by atoms with Gasteiger partial charge in [-0.1, -0.05) is 18.2 Å². The molecule has 31 heteroatoms. The molecule has 3 aromatic carbocycles. The molecule has 21 nitrogen and oxygen atoms in total. The van der Waals surface area contributed by atoms with Gasteiger partial charge in [0.05, 0.1) is 94.8 Å². The number of benzene rings is 3. The van der Waals surface area contributed by atoms with E-state index in [-0.39, 0.29) is 89.4 Å². The summed E-state index contributed by atoms with van der Waals surface area (Å²) in [4.78, 5) is 68.8. The van der Waals surface area contributed by atoms with E-state index >= 15 is 0 Å². The molecule has 3 amide bonds. The molecule has 0 saturated carbocycles. The molecule has 9 atom stereocenters. The molecule has 12 heterocycles. The van der Waals surface area contributed by atoms with E-state index in [1.807, 2.05) is 24.0 Å². The number of pyridine rings is 3. The van der Waals surface area contributed by atoms with Crippen LogP contribution in [-0.2, 0) is 18.5 Å². The maximum absolute atomic E-state index is 14.0. The first kappa shape index (κ1) is 66.0. The van der Waals surface area contributed by atoms with Crippen LogP contribution in [-0.4, -0.2) is 149 Å². The third-order valence-electron chi connectivity index (χ3n) is 18.3. The van der Waals surface area contributed by atoms with Crippen molar-refractivity contribution < 1.29 is 77.2 Å². The Hall–Kier alpha value is -10.6. The van der Waals surface area contributed by atoms with Gasteiger partial charge in [-0.3, -0.25) is 14.4 Å². The number of hydrogen-bond donors (Lipinski definition) is 0. The van der Waals surface area contributed by atoms with Crippen molar-refractivity contribution in [1.82, 2.24) is 69.6 Å². The highest BCUT2D eigenvalue weighted by Gasteiger charge is 2.54. The zero-order chi connectivity index (χ0) is 68.8. The maximum Gasteiger partial charge on any atom is 0.417 e. The Morgan fingerprint density at radius 3 is 1.33 bits per heavy atom. The lowest BCUT2D eigenvalue weighted by Gasteiger charge is -2.26. The zero-order valence-electron chi connectivity index (χ0n) is 51.9. The first-order valence-corrected chi connectivity index (χ1v) is 31.1. The second-order valence-electron chi connectivity index (χ2n) is 24.1. The highest BCUT2D eigenvalue weighted by molar-refractivity contribution is 6.03. The molecular formula is C67H58F10N14O7. The second-order valence-corrected chi connectivity index (χ2v) is 24.1. The van der Waals surface area contributed by atoms with Crippen molar-refractivity contribution in [3.63, 3.8) is 0 Å². The summed E-state index contributed by atoms with van der Waals surface area (Å²) in [7, 11) is 1.50. The predicted molar refractivity (Wildman–Crippen MR) is 325 cm³/mol. The number of nitrogens with zero attached hydrogens (tertiary/aromatic N) is 14. The molecular weight excluding hydrogens is 1300 g/mol. The first-order valence-electron chi connectivity index (χ1n) is 31.1. The van der Waals surface area contributed by atoms with Gasteiger partial charge in [-0.2, -0.15) is 69.5 Å². The van der Waals surface area contributed by atoms with E-state index in [0.717, 1.165) is 80.5 Å².